The van der Waals surface area contributed by atoms with Crippen LogP contribution in [0.4, 0.5) is 10.1 Å². The molecule has 1 fully saturated rings. The van der Waals surface area contributed by atoms with Crippen molar-refractivity contribution in [1.29, 1.82) is 0 Å². The molecule has 0 aromatic heterocycles. The Kier molecular flexibility index (Phi) is 3.70. The monoisotopic (exact) mass is 320 g/mol. The van der Waals surface area contributed by atoms with E-state index in [4.69, 9.17) is 17.3 Å². The van der Waals surface area contributed by atoms with Crippen LogP contribution in [0, 0.1) is 11.7 Å². The fourth-order valence-electron chi connectivity index (χ4n) is 1.90. The second-order valence-electron chi connectivity index (χ2n) is 4.00. The number of halogens is 3. The molecule has 1 aromatic rings. The number of benzene rings is 1. The average Bonchev–Trinajstić information content (AvgIpc) is 2.68. The predicted molar refractivity (Wildman–Crippen MR) is 68.6 cm³/mol. The Balaban J connectivity index is 2.35. The maximum atomic E-state index is 13.9. The number of nitrogens with two attached hydrogens (primary N) is 1. The normalized spacial score (nSPS) is 20.1. The van der Waals surface area contributed by atoms with Gasteiger partial charge >= 0.3 is 0 Å². The molecule has 2 rings (SSSR count). The van der Waals surface area contributed by atoms with Crippen molar-refractivity contribution in [2.75, 3.05) is 18.0 Å². The Hall–Kier alpha value is -0.650. The molecule has 2 N–H and O–H groups in total. The first-order chi connectivity index (χ1) is 8.04. The van der Waals surface area contributed by atoms with Gasteiger partial charge in [-0.15, -0.1) is 0 Å². The molecule has 1 unspecified atom stereocenters. The van der Waals surface area contributed by atoms with E-state index in [9.17, 15) is 9.18 Å². The third kappa shape index (κ3) is 2.32. The van der Waals surface area contributed by atoms with Crippen molar-refractivity contribution in [3.05, 3.63) is 27.4 Å². The zero-order valence-corrected chi connectivity index (χ0v) is 11.3. The Morgan fingerprint density at radius 2 is 2.29 bits per heavy atom. The van der Waals surface area contributed by atoms with Crippen molar-refractivity contribution in [2.24, 2.45) is 11.7 Å². The average molecular weight is 322 g/mol. The Bertz CT molecular complexity index is 469. The highest BCUT2D eigenvalue weighted by molar-refractivity contribution is 9.10. The molecule has 6 heteroatoms. The molecule has 0 saturated carbocycles. The van der Waals surface area contributed by atoms with E-state index in [-0.39, 0.29) is 22.5 Å². The Morgan fingerprint density at radius 3 is 2.88 bits per heavy atom. The van der Waals surface area contributed by atoms with E-state index in [0.29, 0.717) is 24.0 Å². The molecule has 0 bridgehead atoms. The number of rotatable bonds is 2. The van der Waals surface area contributed by atoms with Crippen molar-refractivity contribution in [1.82, 2.24) is 0 Å². The Labute approximate surface area is 112 Å². The molecular formula is C11H11BrClFN2O. The molecule has 1 aromatic carbocycles. The van der Waals surface area contributed by atoms with Gasteiger partial charge in [-0.25, -0.2) is 4.39 Å². The number of hydrogen-bond donors (Lipinski definition) is 1. The maximum Gasteiger partial charge on any atom is 0.227 e. The molecule has 1 saturated heterocycles. The highest BCUT2D eigenvalue weighted by atomic mass is 79.9. The van der Waals surface area contributed by atoms with E-state index in [2.05, 4.69) is 15.9 Å². The quantitative estimate of drug-likeness (QED) is 0.851. The molecule has 92 valence electrons. The number of hydrogen-bond acceptors (Lipinski definition) is 2. The van der Waals surface area contributed by atoms with Gasteiger partial charge in [0.1, 0.15) is 0 Å². The summed E-state index contributed by atoms with van der Waals surface area (Å²) in [6.45, 7) is 0.873. The summed E-state index contributed by atoms with van der Waals surface area (Å²) in [5.41, 5.74) is 5.74. The van der Waals surface area contributed by atoms with Crippen molar-refractivity contribution < 1.29 is 9.18 Å². The van der Waals surface area contributed by atoms with Gasteiger partial charge in [0.15, 0.2) is 5.82 Å². The van der Waals surface area contributed by atoms with Gasteiger partial charge in [-0.05, 0) is 40.5 Å². The lowest BCUT2D eigenvalue weighted by molar-refractivity contribution is -0.117. The minimum Gasteiger partial charge on any atom is -0.330 e. The largest absolute Gasteiger partial charge is 0.330 e. The highest BCUT2D eigenvalue weighted by Gasteiger charge is 2.31. The summed E-state index contributed by atoms with van der Waals surface area (Å²) in [6, 6.07) is 3.17. The van der Waals surface area contributed by atoms with Gasteiger partial charge in [-0.3, -0.25) is 4.79 Å². The van der Waals surface area contributed by atoms with E-state index in [1.54, 1.807) is 12.1 Å². The Morgan fingerprint density at radius 1 is 1.59 bits per heavy atom. The van der Waals surface area contributed by atoms with Crippen LogP contribution in [0.1, 0.15) is 6.42 Å². The molecular weight excluding hydrogens is 310 g/mol. The van der Waals surface area contributed by atoms with Crippen LogP contribution >= 0.6 is 27.5 Å². The number of carbonyl (C=O) groups is 1. The minimum atomic E-state index is -0.577. The van der Waals surface area contributed by atoms with E-state index < -0.39 is 5.82 Å². The highest BCUT2D eigenvalue weighted by Crippen LogP contribution is 2.34. The van der Waals surface area contributed by atoms with Gasteiger partial charge in [0.05, 0.1) is 10.7 Å². The van der Waals surface area contributed by atoms with Gasteiger partial charge in [0, 0.05) is 17.4 Å². The van der Waals surface area contributed by atoms with Gasteiger partial charge in [0.2, 0.25) is 5.91 Å². The molecule has 1 atom stereocenters. The van der Waals surface area contributed by atoms with Gasteiger partial charge < -0.3 is 10.6 Å². The molecule has 1 aliphatic heterocycles. The molecule has 0 spiro atoms. The summed E-state index contributed by atoms with van der Waals surface area (Å²) in [7, 11) is 0. The van der Waals surface area contributed by atoms with E-state index in [0.717, 1.165) is 0 Å². The molecule has 1 amide bonds. The van der Waals surface area contributed by atoms with Gasteiger partial charge in [-0.1, -0.05) is 11.6 Å². The topological polar surface area (TPSA) is 46.3 Å². The van der Waals surface area contributed by atoms with Crippen LogP contribution in [-0.4, -0.2) is 19.0 Å². The number of carbonyl (C=O) groups excluding carboxylic acids is 1. The van der Waals surface area contributed by atoms with E-state index >= 15 is 0 Å². The summed E-state index contributed by atoms with van der Waals surface area (Å²) >= 11 is 8.93. The molecule has 1 heterocycles. The van der Waals surface area contributed by atoms with Gasteiger partial charge in [0.25, 0.3) is 0 Å². The lowest BCUT2D eigenvalue weighted by atomic mass is 10.1. The maximum absolute atomic E-state index is 13.9. The second-order valence-corrected chi connectivity index (χ2v) is 5.24. The fraction of sp³-hybridized carbons (Fsp3) is 0.364. The van der Waals surface area contributed by atoms with Crippen molar-refractivity contribution in [3.8, 4) is 0 Å². The van der Waals surface area contributed by atoms with Crippen LogP contribution in [0.15, 0.2) is 16.6 Å². The summed E-state index contributed by atoms with van der Waals surface area (Å²) in [5, 5.41) is -0.00787. The summed E-state index contributed by atoms with van der Waals surface area (Å²) < 4.78 is 14.4. The molecule has 0 aliphatic carbocycles. The molecule has 17 heavy (non-hydrogen) atoms. The summed E-state index contributed by atoms with van der Waals surface area (Å²) in [6.07, 6.45) is 0.365. The summed E-state index contributed by atoms with van der Waals surface area (Å²) in [5.74, 6) is -0.603. The van der Waals surface area contributed by atoms with Crippen LogP contribution in [-0.2, 0) is 4.79 Å². The van der Waals surface area contributed by atoms with E-state index in [1.807, 2.05) is 0 Å². The number of amides is 1. The van der Waals surface area contributed by atoms with Crippen LogP contribution in [0.25, 0.3) is 0 Å². The van der Waals surface area contributed by atoms with Crippen LogP contribution in [0.3, 0.4) is 0 Å². The molecule has 1 aliphatic rings. The molecule has 0 radical (unpaired) electrons. The standard InChI is InChI=1S/C11H11BrClFN2O/c12-7-1-2-8(11(14)10(7)13)16-5-6(4-15)3-9(16)17/h1-2,6H,3-5,15H2. The lowest BCUT2D eigenvalue weighted by Crippen LogP contribution is -2.26. The first-order valence-electron chi connectivity index (χ1n) is 5.18. The van der Waals surface area contributed by atoms with Gasteiger partial charge in [-0.2, -0.15) is 0 Å². The third-order valence-electron chi connectivity index (χ3n) is 2.84. The van der Waals surface area contributed by atoms with Crippen molar-refractivity contribution >= 4 is 39.1 Å². The zero-order chi connectivity index (χ0) is 12.6. The van der Waals surface area contributed by atoms with E-state index in [1.165, 1.54) is 4.90 Å². The zero-order valence-electron chi connectivity index (χ0n) is 8.92. The van der Waals surface area contributed by atoms with Crippen LogP contribution in [0.2, 0.25) is 5.02 Å². The second kappa shape index (κ2) is 4.92. The smallest absolute Gasteiger partial charge is 0.227 e. The summed E-state index contributed by atoms with van der Waals surface area (Å²) in [4.78, 5) is 13.1. The predicted octanol–water partition coefficient (Wildman–Crippen LogP) is 2.55. The van der Waals surface area contributed by atoms with Crippen molar-refractivity contribution in [2.45, 2.75) is 6.42 Å². The van der Waals surface area contributed by atoms with Crippen LogP contribution < -0.4 is 10.6 Å². The third-order valence-corrected chi connectivity index (χ3v) is 4.10. The van der Waals surface area contributed by atoms with Crippen molar-refractivity contribution in [3.63, 3.8) is 0 Å². The number of anilines is 1. The van der Waals surface area contributed by atoms with Crippen LogP contribution in [0.5, 0.6) is 0 Å². The first-order valence-corrected chi connectivity index (χ1v) is 6.35. The minimum absolute atomic E-state index is 0.00787. The SMILES string of the molecule is NCC1CC(=O)N(c2ccc(Br)c(Cl)c2F)C1. The fourth-order valence-corrected chi connectivity index (χ4v) is 2.36. The molecule has 3 nitrogen and oxygen atoms in total. The number of nitrogens with zero attached hydrogens (tertiary/aromatic N) is 1. The lowest BCUT2D eigenvalue weighted by Gasteiger charge is -2.18. The first kappa shape index (κ1) is 12.8.